The average molecular weight is 378 g/mol. The lowest BCUT2D eigenvalue weighted by molar-refractivity contribution is -0.121. The number of carbonyl (C=O) groups is 1. The van der Waals surface area contributed by atoms with Crippen molar-refractivity contribution >= 4 is 17.2 Å². The van der Waals surface area contributed by atoms with Gasteiger partial charge in [-0.15, -0.1) is 11.3 Å². The molecule has 1 aliphatic carbocycles. The third-order valence-electron chi connectivity index (χ3n) is 5.17. The fraction of sp³-hybridized carbons (Fsp3) is 0.318. The first kappa shape index (κ1) is 17.9. The molecule has 1 amide bonds. The first-order valence-electron chi connectivity index (χ1n) is 9.47. The van der Waals surface area contributed by atoms with Crippen molar-refractivity contribution in [3.63, 3.8) is 0 Å². The highest BCUT2D eigenvalue weighted by Crippen LogP contribution is 2.32. The van der Waals surface area contributed by atoms with Crippen LogP contribution in [0, 0.1) is 0 Å². The van der Waals surface area contributed by atoms with Crippen molar-refractivity contribution in [1.29, 1.82) is 0 Å². The maximum atomic E-state index is 12.4. The molecule has 0 bridgehead atoms. The summed E-state index contributed by atoms with van der Waals surface area (Å²) in [5, 5.41) is 6.08. The molecule has 1 aliphatic rings. The van der Waals surface area contributed by atoms with Gasteiger partial charge in [-0.2, -0.15) is 0 Å². The molecule has 138 valence electrons. The topological polar surface area (TPSA) is 54.9 Å². The summed E-state index contributed by atoms with van der Waals surface area (Å²) in [4.78, 5) is 21.1. The quantitative estimate of drug-likeness (QED) is 0.707. The van der Waals surface area contributed by atoms with Crippen LogP contribution in [0.1, 0.15) is 42.9 Å². The molecular formula is C22H23N3OS. The predicted molar refractivity (Wildman–Crippen MR) is 109 cm³/mol. The Balaban J connectivity index is 1.27. The van der Waals surface area contributed by atoms with E-state index in [0.717, 1.165) is 41.9 Å². The highest BCUT2D eigenvalue weighted by atomic mass is 32.1. The van der Waals surface area contributed by atoms with E-state index in [9.17, 15) is 4.79 Å². The molecule has 4 rings (SSSR count). The number of nitrogens with one attached hydrogen (secondary N) is 1. The number of thiazole rings is 1. The van der Waals surface area contributed by atoms with Crippen molar-refractivity contribution in [3.05, 3.63) is 71.5 Å². The van der Waals surface area contributed by atoms with Gasteiger partial charge in [0.05, 0.1) is 12.1 Å². The molecule has 3 aromatic rings. The van der Waals surface area contributed by atoms with Gasteiger partial charge < -0.3 is 5.32 Å². The van der Waals surface area contributed by atoms with Gasteiger partial charge >= 0.3 is 0 Å². The van der Waals surface area contributed by atoms with Gasteiger partial charge in [0, 0.05) is 29.4 Å². The molecular weight excluding hydrogens is 354 g/mol. The molecule has 1 saturated carbocycles. The van der Waals surface area contributed by atoms with Gasteiger partial charge in [-0.3, -0.25) is 9.78 Å². The summed E-state index contributed by atoms with van der Waals surface area (Å²) in [6.07, 6.45) is 8.25. The van der Waals surface area contributed by atoms with Crippen LogP contribution in [0.3, 0.4) is 0 Å². The predicted octanol–water partition coefficient (Wildman–Crippen LogP) is 4.59. The minimum absolute atomic E-state index is 0.0706. The van der Waals surface area contributed by atoms with Crippen LogP contribution in [0.2, 0.25) is 0 Å². The summed E-state index contributed by atoms with van der Waals surface area (Å²) in [7, 11) is 0. The van der Waals surface area contributed by atoms with E-state index < -0.39 is 0 Å². The molecule has 0 atom stereocenters. The van der Waals surface area contributed by atoms with Crippen molar-refractivity contribution in [2.45, 2.75) is 44.1 Å². The van der Waals surface area contributed by atoms with Crippen LogP contribution in [0.25, 0.3) is 10.6 Å². The molecule has 4 nitrogen and oxygen atoms in total. The monoisotopic (exact) mass is 377 g/mol. The summed E-state index contributed by atoms with van der Waals surface area (Å²) in [5.41, 5.74) is 3.25. The number of pyridine rings is 1. The fourth-order valence-electron chi connectivity index (χ4n) is 3.75. The van der Waals surface area contributed by atoms with Crippen LogP contribution in [0.4, 0.5) is 0 Å². The second-order valence-electron chi connectivity index (χ2n) is 7.09. The highest BCUT2D eigenvalue weighted by molar-refractivity contribution is 7.13. The normalized spacial score (nSPS) is 19.6. The van der Waals surface area contributed by atoms with E-state index in [4.69, 9.17) is 0 Å². The molecule has 2 heterocycles. The van der Waals surface area contributed by atoms with Gasteiger partial charge in [0.1, 0.15) is 5.01 Å². The Kier molecular flexibility index (Phi) is 5.58. The van der Waals surface area contributed by atoms with Gasteiger partial charge in [-0.1, -0.05) is 30.3 Å². The number of nitrogens with zero attached hydrogens (tertiary/aromatic N) is 2. The summed E-state index contributed by atoms with van der Waals surface area (Å²) in [5.74, 6) is 0.695. The Labute approximate surface area is 163 Å². The number of amides is 1. The number of hydrogen-bond donors (Lipinski definition) is 1. The molecule has 0 spiro atoms. The Morgan fingerprint density at radius 1 is 1.07 bits per heavy atom. The lowest BCUT2D eigenvalue weighted by Crippen LogP contribution is -2.38. The molecule has 0 unspecified atom stereocenters. The van der Waals surface area contributed by atoms with Crippen molar-refractivity contribution in [2.24, 2.45) is 0 Å². The van der Waals surface area contributed by atoms with Crippen LogP contribution in [0.15, 0.2) is 60.2 Å². The Morgan fingerprint density at radius 3 is 2.63 bits per heavy atom. The molecule has 2 aromatic heterocycles. The first-order chi connectivity index (χ1) is 13.3. The van der Waals surface area contributed by atoms with Crippen molar-refractivity contribution in [1.82, 2.24) is 15.3 Å². The third kappa shape index (κ3) is 4.61. The van der Waals surface area contributed by atoms with Gasteiger partial charge in [-0.05, 0) is 49.3 Å². The zero-order chi connectivity index (χ0) is 18.5. The Bertz CT molecular complexity index is 871. The molecule has 5 heteroatoms. The SMILES string of the molecule is O=C(Cc1csc(-c2cccnc2)n1)NC1CCC(c2ccccc2)CC1. The maximum absolute atomic E-state index is 12.4. The van der Waals surface area contributed by atoms with E-state index in [1.165, 1.54) is 5.56 Å². The molecule has 1 N–H and O–H groups in total. The molecule has 1 fully saturated rings. The Morgan fingerprint density at radius 2 is 1.89 bits per heavy atom. The molecule has 0 aliphatic heterocycles. The fourth-order valence-corrected chi connectivity index (χ4v) is 4.56. The summed E-state index contributed by atoms with van der Waals surface area (Å²) in [6.45, 7) is 0. The molecule has 0 radical (unpaired) electrons. The number of benzene rings is 1. The summed E-state index contributed by atoms with van der Waals surface area (Å²) >= 11 is 1.56. The van der Waals surface area contributed by atoms with Crippen LogP contribution in [-0.2, 0) is 11.2 Å². The molecule has 27 heavy (non-hydrogen) atoms. The smallest absolute Gasteiger partial charge is 0.226 e. The van der Waals surface area contributed by atoms with Gasteiger partial charge in [0.25, 0.3) is 0 Å². The second kappa shape index (κ2) is 8.44. The van der Waals surface area contributed by atoms with E-state index in [1.807, 2.05) is 17.5 Å². The minimum atomic E-state index is 0.0706. The van der Waals surface area contributed by atoms with E-state index >= 15 is 0 Å². The van der Waals surface area contributed by atoms with Crippen LogP contribution in [0.5, 0.6) is 0 Å². The van der Waals surface area contributed by atoms with E-state index in [-0.39, 0.29) is 11.9 Å². The number of rotatable bonds is 5. The van der Waals surface area contributed by atoms with E-state index in [2.05, 4.69) is 45.6 Å². The zero-order valence-corrected chi connectivity index (χ0v) is 16.0. The lowest BCUT2D eigenvalue weighted by atomic mass is 9.82. The third-order valence-corrected chi connectivity index (χ3v) is 6.11. The number of aromatic nitrogens is 2. The largest absolute Gasteiger partial charge is 0.353 e. The van der Waals surface area contributed by atoms with E-state index in [1.54, 1.807) is 23.7 Å². The van der Waals surface area contributed by atoms with Crippen LogP contribution in [-0.4, -0.2) is 21.9 Å². The highest BCUT2D eigenvalue weighted by Gasteiger charge is 2.23. The molecule has 0 saturated heterocycles. The standard InChI is InChI=1S/C22H23N3OS/c26-21(13-20-15-27-22(25-20)18-7-4-12-23-14-18)24-19-10-8-17(9-11-19)16-5-2-1-3-6-16/h1-7,12,14-15,17,19H,8-11,13H2,(H,24,26). The molecule has 1 aromatic carbocycles. The number of carbonyl (C=O) groups excluding carboxylic acids is 1. The second-order valence-corrected chi connectivity index (χ2v) is 7.95. The van der Waals surface area contributed by atoms with Crippen LogP contribution >= 0.6 is 11.3 Å². The first-order valence-corrected chi connectivity index (χ1v) is 10.3. The average Bonchev–Trinajstić information content (AvgIpc) is 3.18. The van der Waals surface area contributed by atoms with Gasteiger partial charge in [0.15, 0.2) is 0 Å². The Hall–Kier alpha value is -2.53. The van der Waals surface area contributed by atoms with Crippen molar-refractivity contribution in [3.8, 4) is 10.6 Å². The zero-order valence-electron chi connectivity index (χ0n) is 15.2. The van der Waals surface area contributed by atoms with Gasteiger partial charge in [0.2, 0.25) is 5.91 Å². The summed E-state index contributed by atoms with van der Waals surface area (Å²) in [6, 6.07) is 14.9. The van der Waals surface area contributed by atoms with E-state index in [0.29, 0.717) is 12.3 Å². The van der Waals surface area contributed by atoms with Gasteiger partial charge in [-0.25, -0.2) is 4.98 Å². The lowest BCUT2D eigenvalue weighted by Gasteiger charge is -2.29. The summed E-state index contributed by atoms with van der Waals surface area (Å²) < 4.78 is 0. The minimum Gasteiger partial charge on any atom is -0.353 e. The van der Waals surface area contributed by atoms with Crippen LogP contribution < -0.4 is 5.32 Å². The van der Waals surface area contributed by atoms with Crippen molar-refractivity contribution in [2.75, 3.05) is 0 Å². The van der Waals surface area contributed by atoms with Crippen molar-refractivity contribution < 1.29 is 4.79 Å². The number of hydrogen-bond acceptors (Lipinski definition) is 4. The maximum Gasteiger partial charge on any atom is 0.226 e.